The predicted molar refractivity (Wildman–Crippen MR) is 118 cm³/mol. The molecule has 2 aliphatic rings. The molecule has 0 bridgehead atoms. The molecule has 5 nitrogen and oxygen atoms in total. The second-order valence-corrected chi connectivity index (χ2v) is 10.3. The van der Waals surface area contributed by atoms with E-state index in [1.807, 2.05) is 23.1 Å². The maximum atomic E-state index is 13.3. The lowest BCUT2D eigenvalue weighted by molar-refractivity contribution is 0.0736. The van der Waals surface area contributed by atoms with Crippen LogP contribution in [0.25, 0.3) is 0 Å². The van der Waals surface area contributed by atoms with Gasteiger partial charge in [0.05, 0.1) is 4.90 Å². The van der Waals surface area contributed by atoms with Gasteiger partial charge in [0.15, 0.2) is 0 Å². The number of carbonyl (C=O) groups excluding carboxylic acids is 1. The van der Waals surface area contributed by atoms with E-state index in [0.29, 0.717) is 24.2 Å². The van der Waals surface area contributed by atoms with E-state index in [0.717, 1.165) is 45.1 Å². The summed E-state index contributed by atoms with van der Waals surface area (Å²) in [5.41, 5.74) is 2.38. The van der Waals surface area contributed by atoms with Crippen LogP contribution in [0.4, 0.5) is 0 Å². The van der Waals surface area contributed by atoms with Crippen LogP contribution in [0.15, 0.2) is 53.4 Å². The molecule has 160 valence electrons. The van der Waals surface area contributed by atoms with Crippen molar-refractivity contribution >= 4 is 15.9 Å². The third kappa shape index (κ3) is 4.30. The van der Waals surface area contributed by atoms with Crippen molar-refractivity contribution in [2.24, 2.45) is 0 Å². The Morgan fingerprint density at radius 1 is 0.967 bits per heavy atom. The number of hydrogen-bond donors (Lipinski definition) is 0. The van der Waals surface area contributed by atoms with Gasteiger partial charge >= 0.3 is 0 Å². The minimum Gasteiger partial charge on any atom is -0.335 e. The fraction of sp³-hybridized carbons (Fsp3) is 0.458. The third-order valence-corrected chi connectivity index (χ3v) is 8.36. The molecule has 6 heteroatoms. The van der Waals surface area contributed by atoms with Crippen LogP contribution in [0.1, 0.15) is 53.6 Å². The highest BCUT2D eigenvalue weighted by atomic mass is 32.2. The van der Waals surface area contributed by atoms with Gasteiger partial charge in [-0.2, -0.15) is 4.31 Å². The quantitative estimate of drug-likeness (QED) is 0.726. The van der Waals surface area contributed by atoms with Crippen molar-refractivity contribution < 1.29 is 13.2 Å². The van der Waals surface area contributed by atoms with E-state index in [4.69, 9.17) is 0 Å². The molecule has 0 saturated carbocycles. The van der Waals surface area contributed by atoms with Gasteiger partial charge in [0.2, 0.25) is 10.0 Å². The van der Waals surface area contributed by atoms with E-state index in [1.165, 1.54) is 5.56 Å². The molecule has 0 spiro atoms. The van der Waals surface area contributed by atoms with Crippen molar-refractivity contribution in [3.63, 3.8) is 0 Å². The van der Waals surface area contributed by atoms with E-state index < -0.39 is 10.0 Å². The molecule has 2 heterocycles. The van der Waals surface area contributed by atoms with E-state index in [9.17, 15) is 13.2 Å². The first-order valence-electron chi connectivity index (χ1n) is 10.9. The van der Waals surface area contributed by atoms with Gasteiger partial charge in [-0.1, -0.05) is 42.8 Å². The first-order chi connectivity index (χ1) is 14.5. The minimum atomic E-state index is -3.57. The average Bonchev–Trinajstić information content (AvgIpc) is 3.23. The summed E-state index contributed by atoms with van der Waals surface area (Å²) < 4.78 is 28.0. The summed E-state index contributed by atoms with van der Waals surface area (Å²) in [4.78, 5) is 15.5. The number of benzene rings is 2. The number of aryl methyl sites for hydroxylation is 1. The van der Waals surface area contributed by atoms with Crippen molar-refractivity contribution in [1.82, 2.24) is 9.21 Å². The Bertz CT molecular complexity index is 998. The van der Waals surface area contributed by atoms with Gasteiger partial charge < -0.3 is 4.90 Å². The molecule has 2 aromatic rings. The molecule has 1 atom stereocenters. The van der Waals surface area contributed by atoms with Crippen LogP contribution in [0.5, 0.6) is 0 Å². The largest absolute Gasteiger partial charge is 0.335 e. The molecule has 0 aromatic heterocycles. The van der Waals surface area contributed by atoms with Gasteiger partial charge in [0.25, 0.3) is 5.91 Å². The normalized spacial score (nSPS) is 20.4. The summed E-state index contributed by atoms with van der Waals surface area (Å²) in [6.45, 7) is 3.65. The molecule has 30 heavy (non-hydrogen) atoms. The number of carbonyl (C=O) groups is 1. The van der Waals surface area contributed by atoms with Gasteiger partial charge in [-0.25, -0.2) is 8.42 Å². The fourth-order valence-corrected chi connectivity index (χ4v) is 6.39. The van der Waals surface area contributed by atoms with Crippen LogP contribution in [0.2, 0.25) is 0 Å². The molecule has 1 unspecified atom stereocenters. The summed E-state index contributed by atoms with van der Waals surface area (Å²) >= 11 is 0. The Balaban J connectivity index is 1.58. The van der Waals surface area contributed by atoms with Crippen LogP contribution in [-0.4, -0.2) is 49.2 Å². The summed E-state index contributed by atoms with van der Waals surface area (Å²) in [6.07, 6.45) is 5.65. The van der Waals surface area contributed by atoms with Gasteiger partial charge in [0, 0.05) is 31.2 Å². The lowest BCUT2D eigenvalue weighted by Crippen LogP contribution is -2.37. The molecule has 2 aliphatic heterocycles. The van der Waals surface area contributed by atoms with Crippen molar-refractivity contribution in [1.29, 1.82) is 0 Å². The topological polar surface area (TPSA) is 57.7 Å². The summed E-state index contributed by atoms with van der Waals surface area (Å²) in [5, 5.41) is 0. The summed E-state index contributed by atoms with van der Waals surface area (Å²) in [7, 11) is -3.57. The van der Waals surface area contributed by atoms with Gasteiger partial charge in [-0.15, -0.1) is 0 Å². The summed E-state index contributed by atoms with van der Waals surface area (Å²) in [5.74, 6) is -0.0662. The monoisotopic (exact) mass is 426 g/mol. The second-order valence-electron chi connectivity index (χ2n) is 8.43. The van der Waals surface area contributed by atoms with E-state index in [-0.39, 0.29) is 16.8 Å². The van der Waals surface area contributed by atoms with Crippen LogP contribution in [-0.2, 0) is 16.4 Å². The molecule has 0 radical (unpaired) electrons. The molecule has 0 aliphatic carbocycles. The first kappa shape index (κ1) is 21.1. The average molecular weight is 427 g/mol. The van der Waals surface area contributed by atoms with Gasteiger partial charge in [-0.3, -0.25) is 4.79 Å². The highest BCUT2D eigenvalue weighted by molar-refractivity contribution is 7.89. The molecule has 2 fully saturated rings. The number of piperidine rings is 1. The Morgan fingerprint density at radius 3 is 2.43 bits per heavy atom. The van der Waals surface area contributed by atoms with Crippen molar-refractivity contribution in [2.75, 3.05) is 19.6 Å². The highest BCUT2D eigenvalue weighted by Gasteiger charge is 2.32. The van der Waals surface area contributed by atoms with Crippen molar-refractivity contribution in [3.8, 4) is 0 Å². The molecule has 4 rings (SSSR count). The SMILES string of the molecule is Cc1ccc(C(=O)N2CCCC2Cc2ccccc2)cc1S(=O)(=O)N1CCCCC1. The van der Waals surface area contributed by atoms with Crippen LogP contribution < -0.4 is 0 Å². The number of rotatable bonds is 5. The lowest BCUT2D eigenvalue weighted by atomic mass is 10.0. The fourth-order valence-electron chi connectivity index (χ4n) is 4.62. The Morgan fingerprint density at radius 2 is 1.70 bits per heavy atom. The van der Waals surface area contributed by atoms with E-state index in [1.54, 1.807) is 29.4 Å². The Labute approximate surface area is 179 Å². The van der Waals surface area contributed by atoms with Crippen LogP contribution >= 0.6 is 0 Å². The maximum absolute atomic E-state index is 13.3. The van der Waals surface area contributed by atoms with Gasteiger partial charge in [0.1, 0.15) is 0 Å². The maximum Gasteiger partial charge on any atom is 0.254 e. The Hall–Kier alpha value is -2.18. The van der Waals surface area contributed by atoms with Crippen LogP contribution in [0.3, 0.4) is 0 Å². The first-order valence-corrected chi connectivity index (χ1v) is 12.4. The molecule has 2 aromatic carbocycles. The van der Waals surface area contributed by atoms with Gasteiger partial charge in [-0.05, 0) is 62.3 Å². The summed E-state index contributed by atoms with van der Waals surface area (Å²) in [6, 6.07) is 15.5. The van der Waals surface area contributed by atoms with Crippen LogP contribution in [0, 0.1) is 6.92 Å². The second kappa shape index (κ2) is 8.90. The zero-order valence-electron chi connectivity index (χ0n) is 17.6. The van der Waals surface area contributed by atoms with Crippen molar-refractivity contribution in [3.05, 3.63) is 65.2 Å². The highest BCUT2D eigenvalue weighted by Crippen LogP contribution is 2.27. The number of nitrogens with zero attached hydrogens (tertiary/aromatic N) is 2. The van der Waals surface area contributed by atoms with E-state index in [2.05, 4.69) is 12.1 Å². The molecular weight excluding hydrogens is 396 g/mol. The number of hydrogen-bond acceptors (Lipinski definition) is 3. The lowest BCUT2D eigenvalue weighted by Gasteiger charge is -2.27. The zero-order chi connectivity index (χ0) is 21.1. The van der Waals surface area contributed by atoms with E-state index >= 15 is 0 Å². The smallest absolute Gasteiger partial charge is 0.254 e. The van der Waals surface area contributed by atoms with Crippen molar-refractivity contribution in [2.45, 2.75) is 56.4 Å². The predicted octanol–water partition coefficient (Wildman–Crippen LogP) is 4.02. The minimum absolute atomic E-state index is 0.0662. The Kier molecular flexibility index (Phi) is 6.25. The zero-order valence-corrected chi connectivity index (χ0v) is 18.4. The molecule has 0 N–H and O–H groups in total. The number of amides is 1. The molecule has 2 saturated heterocycles. The third-order valence-electron chi connectivity index (χ3n) is 6.32. The number of sulfonamides is 1. The standard InChI is InChI=1S/C24H30N2O3S/c1-19-12-13-21(18-23(19)30(28,29)25-14-6-3-7-15-25)24(27)26-16-8-11-22(26)17-20-9-4-2-5-10-20/h2,4-5,9-10,12-13,18,22H,3,6-8,11,14-17H2,1H3. The number of likely N-dealkylation sites (tertiary alicyclic amines) is 1. The molecular formula is C24H30N2O3S. The molecule has 1 amide bonds.